The molecule has 1 fully saturated rings. The van der Waals surface area contributed by atoms with Crippen molar-refractivity contribution in [3.05, 3.63) is 71.7 Å². The molecule has 0 spiro atoms. The number of carboxylic acid groups (broad SMARTS) is 1. The number of benzene rings is 3. The van der Waals surface area contributed by atoms with Gasteiger partial charge in [-0.1, -0.05) is 18.2 Å². The predicted octanol–water partition coefficient (Wildman–Crippen LogP) is 6.31. The third-order valence-corrected chi connectivity index (χ3v) is 8.88. The van der Waals surface area contributed by atoms with Gasteiger partial charge >= 0.3 is 5.97 Å². The standard InChI is InChI=1S/C37H39N5O4/c1-22-16-25-17-24(26-20-39-36(40-21-26)42-13-11-41(5)12-14-42)6-7-27(25)33(28(22)18-31(43)44)34-30(46-37(2,3)4)19-29-32-23(9-15-45-29)8-10-38-35(32)34/h6-8,10,16-17,19-21H,9,11-15,18H2,1-5H3,(H,43,44). The van der Waals surface area contributed by atoms with Gasteiger partial charge in [0, 0.05) is 68.2 Å². The van der Waals surface area contributed by atoms with Crippen LogP contribution in [0.15, 0.2) is 55.0 Å². The summed E-state index contributed by atoms with van der Waals surface area (Å²) >= 11 is 0. The summed E-state index contributed by atoms with van der Waals surface area (Å²) in [5, 5.41) is 12.9. The first-order chi connectivity index (χ1) is 22.1. The molecule has 0 atom stereocenters. The summed E-state index contributed by atoms with van der Waals surface area (Å²) in [6.07, 6.45) is 6.25. The lowest BCUT2D eigenvalue weighted by molar-refractivity contribution is -0.136. The molecule has 1 saturated heterocycles. The van der Waals surface area contributed by atoms with E-state index in [1.54, 1.807) is 0 Å². The van der Waals surface area contributed by atoms with E-state index < -0.39 is 11.6 Å². The molecule has 7 rings (SSSR count). The summed E-state index contributed by atoms with van der Waals surface area (Å²) in [6, 6.07) is 12.3. The van der Waals surface area contributed by atoms with E-state index in [0.717, 1.165) is 105 Å². The quantitative estimate of drug-likeness (QED) is 0.235. The van der Waals surface area contributed by atoms with Crippen LogP contribution in [0.3, 0.4) is 0 Å². The number of aromatic nitrogens is 3. The maximum atomic E-state index is 12.3. The van der Waals surface area contributed by atoms with E-state index in [0.29, 0.717) is 12.4 Å². The van der Waals surface area contributed by atoms with E-state index in [2.05, 4.69) is 41.1 Å². The van der Waals surface area contributed by atoms with Gasteiger partial charge in [0.05, 0.1) is 24.1 Å². The molecule has 1 N–H and O–H groups in total. The molecular formula is C37H39N5O4. The first kappa shape index (κ1) is 29.9. The molecule has 2 aliphatic heterocycles. The number of fused-ring (bicyclic) bond motifs is 1. The maximum Gasteiger partial charge on any atom is 0.307 e. The Morgan fingerprint density at radius 1 is 0.978 bits per heavy atom. The first-order valence-electron chi connectivity index (χ1n) is 15.9. The molecule has 46 heavy (non-hydrogen) atoms. The van der Waals surface area contributed by atoms with Gasteiger partial charge in [-0.3, -0.25) is 9.78 Å². The van der Waals surface area contributed by atoms with Crippen molar-refractivity contribution >= 4 is 33.6 Å². The largest absolute Gasteiger partial charge is 0.492 e. The van der Waals surface area contributed by atoms with Gasteiger partial charge in [0.15, 0.2) is 0 Å². The third-order valence-electron chi connectivity index (χ3n) is 8.88. The molecule has 0 aliphatic carbocycles. The smallest absolute Gasteiger partial charge is 0.307 e. The molecule has 236 valence electrons. The zero-order valence-electron chi connectivity index (χ0n) is 27.1. The maximum absolute atomic E-state index is 12.3. The summed E-state index contributed by atoms with van der Waals surface area (Å²) in [7, 11) is 2.13. The zero-order chi connectivity index (χ0) is 32.2. The Kier molecular flexibility index (Phi) is 7.51. The average molecular weight is 618 g/mol. The average Bonchev–Trinajstić information content (AvgIpc) is 3.02. The van der Waals surface area contributed by atoms with Crippen molar-refractivity contribution in [1.29, 1.82) is 0 Å². The number of piperazine rings is 1. The second-order valence-electron chi connectivity index (χ2n) is 13.4. The summed E-state index contributed by atoms with van der Waals surface area (Å²) in [5.41, 5.74) is 6.56. The fourth-order valence-electron chi connectivity index (χ4n) is 6.67. The summed E-state index contributed by atoms with van der Waals surface area (Å²) in [4.78, 5) is 31.2. The van der Waals surface area contributed by atoms with Crippen molar-refractivity contribution in [2.75, 3.05) is 44.7 Å². The highest BCUT2D eigenvalue weighted by Crippen LogP contribution is 2.48. The second-order valence-corrected chi connectivity index (χ2v) is 13.4. The monoisotopic (exact) mass is 617 g/mol. The molecule has 2 aliphatic rings. The molecule has 0 saturated carbocycles. The van der Waals surface area contributed by atoms with Crippen LogP contribution in [0.25, 0.3) is 43.9 Å². The first-order valence-corrected chi connectivity index (χ1v) is 15.9. The number of aryl methyl sites for hydroxylation is 1. The SMILES string of the molecule is Cc1cc2cc(-c3cnc(N4CCN(C)CC4)nc3)ccc2c(-c2c(OC(C)(C)C)cc3c4c(ccnc24)CCO3)c1CC(=O)O. The summed E-state index contributed by atoms with van der Waals surface area (Å²) in [5.74, 6) is 1.22. The van der Waals surface area contributed by atoms with Crippen molar-refractivity contribution in [3.8, 4) is 33.8 Å². The number of likely N-dealkylation sites (N-methyl/N-ethyl adjacent to an activating group) is 1. The Morgan fingerprint density at radius 3 is 2.46 bits per heavy atom. The molecule has 0 bridgehead atoms. The molecule has 0 radical (unpaired) electrons. The molecule has 4 heterocycles. The fourth-order valence-corrected chi connectivity index (χ4v) is 6.67. The Hall–Kier alpha value is -4.76. The number of carboxylic acids is 1. The lowest BCUT2D eigenvalue weighted by Gasteiger charge is -2.32. The molecule has 0 unspecified atom stereocenters. The normalized spacial score (nSPS) is 15.3. The number of hydrogen-bond acceptors (Lipinski definition) is 8. The van der Waals surface area contributed by atoms with Crippen LogP contribution in [0.2, 0.25) is 0 Å². The molecule has 5 aromatic rings. The van der Waals surface area contributed by atoms with Crippen molar-refractivity contribution in [2.24, 2.45) is 0 Å². The summed E-state index contributed by atoms with van der Waals surface area (Å²) in [6.45, 7) is 12.4. The van der Waals surface area contributed by atoms with Gasteiger partial charge in [-0.2, -0.15) is 0 Å². The van der Waals surface area contributed by atoms with Gasteiger partial charge in [-0.25, -0.2) is 9.97 Å². The Balaban J connectivity index is 1.42. The van der Waals surface area contributed by atoms with E-state index in [-0.39, 0.29) is 6.42 Å². The number of carbonyl (C=O) groups is 1. The summed E-state index contributed by atoms with van der Waals surface area (Å²) < 4.78 is 12.8. The van der Waals surface area contributed by atoms with E-state index in [4.69, 9.17) is 24.4 Å². The number of ether oxygens (including phenoxy) is 2. The second kappa shape index (κ2) is 11.6. The van der Waals surface area contributed by atoms with E-state index >= 15 is 0 Å². The molecule has 3 aromatic carbocycles. The fraction of sp³-hybridized carbons (Fsp3) is 0.351. The van der Waals surface area contributed by atoms with Crippen LogP contribution < -0.4 is 14.4 Å². The number of hydrogen-bond donors (Lipinski definition) is 1. The number of pyridine rings is 1. The predicted molar refractivity (Wildman–Crippen MR) is 181 cm³/mol. The van der Waals surface area contributed by atoms with Crippen molar-refractivity contribution in [1.82, 2.24) is 19.9 Å². The number of nitrogens with zero attached hydrogens (tertiary/aromatic N) is 5. The Labute approximate surface area is 268 Å². The van der Waals surface area contributed by atoms with Gasteiger partial charge < -0.3 is 24.4 Å². The van der Waals surface area contributed by atoms with Crippen LogP contribution in [-0.4, -0.2) is 76.4 Å². The van der Waals surface area contributed by atoms with Gasteiger partial charge in [-0.05, 0) is 85.5 Å². The molecule has 9 nitrogen and oxygen atoms in total. The van der Waals surface area contributed by atoms with Crippen LogP contribution in [0.5, 0.6) is 11.5 Å². The van der Waals surface area contributed by atoms with Crippen LogP contribution >= 0.6 is 0 Å². The van der Waals surface area contributed by atoms with Crippen LogP contribution in [0, 0.1) is 6.92 Å². The van der Waals surface area contributed by atoms with Crippen molar-refractivity contribution in [2.45, 2.75) is 46.1 Å². The number of rotatable bonds is 6. The van der Waals surface area contributed by atoms with Crippen molar-refractivity contribution in [3.63, 3.8) is 0 Å². The highest BCUT2D eigenvalue weighted by atomic mass is 16.5. The minimum Gasteiger partial charge on any atom is -0.492 e. The lowest BCUT2D eigenvalue weighted by atomic mass is 9.85. The lowest BCUT2D eigenvalue weighted by Crippen LogP contribution is -2.45. The minimum absolute atomic E-state index is 0.130. The Morgan fingerprint density at radius 2 is 1.74 bits per heavy atom. The number of aliphatic carboxylic acids is 1. The van der Waals surface area contributed by atoms with Crippen LogP contribution in [-0.2, 0) is 17.6 Å². The van der Waals surface area contributed by atoms with Crippen molar-refractivity contribution < 1.29 is 19.4 Å². The van der Waals surface area contributed by atoms with Crippen LogP contribution in [0.4, 0.5) is 5.95 Å². The molecule has 2 aromatic heterocycles. The van der Waals surface area contributed by atoms with Gasteiger partial charge in [0.1, 0.15) is 17.1 Å². The Bertz CT molecular complexity index is 1980. The molecule has 0 amide bonds. The minimum atomic E-state index is -0.893. The molecule has 9 heteroatoms. The highest BCUT2D eigenvalue weighted by Gasteiger charge is 2.28. The number of anilines is 1. The van der Waals surface area contributed by atoms with Gasteiger partial charge in [0.25, 0.3) is 0 Å². The van der Waals surface area contributed by atoms with Gasteiger partial charge in [0.2, 0.25) is 5.95 Å². The van der Waals surface area contributed by atoms with E-state index in [9.17, 15) is 9.90 Å². The van der Waals surface area contributed by atoms with Crippen LogP contribution in [0.1, 0.15) is 37.5 Å². The highest BCUT2D eigenvalue weighted by molar-refractivity contribution is 6.11. The molecular weight excluding hydrogens is 578 g/mol. The third kappa shape index (κ3) is 5.60. The van der Waals surface area contributed by atoms with Gasteiger partial charge in [-0.15, -0.1) is 0 Å². The zero-order valence-corrected chi connectivity index (χ0v) is 27.1. The van der Waals surface area contributed by atoms with E-state index in [1.165, 1.54) is 0 Å². The topological polar surface area (TPSA) is 101 Å². The van der Waals surface area contributed by atoms with E-state index in [1.807, 2.05) is 58.4 Å².